The minimum atomic E-state index is -0.352. The topological polar surface area (TPSA) is 71.1 Å². The number of hydrogen-bond donors (Lipinski definition) is 2. The molecule has 0 saturated carbocycles. The summed E-state index contributed by atoms with van der Waals surface area (Å²) in [6, 6.07) is 18.2. The Bertz CT molecular complexity index is 1020. The standard InChI is InChI=1S/C22H20ClN3O2S/c1-14-6-3-4-9-19(14)22(28)25-17-7-5-8-18(12-17)29-15(2)21(27)26-20-11-10-16(23)13-24-20/h3-13,15H,1-2H3,(H,25,28)(H,24,26,27). The van der Waals surface area contributed by atoms with E-state index < -0.39 is 0 Å². The molecule has 0 fully saturated rings. The van der Waals surface area contributed by atoms with Gasteiger partial charge in [-0.3, -0.25) is 9.59 Å². The Morgan fingerprint density at radius 1 is 1.03 bits per heavy atom. The van der Waals surface area contributed by atoms with Crippen LogP contribution in [0.4, 0.5) is 11.5 Å². The van der Waals surface area contributed by atoms with Crippen LogP contribution in [0.2, 0.25) is 5.02 Å². The number of hydrogen-bond acceptors (Lipinski definition) is 4. The van der Waals surface area contributed by atoms with Gasteiger partial charge in [0.25, 0.3) is 5.91 Å². The summed E-state index contributed by atoms with van der Waals surface area (Å²) in [5.41, 5.74) is 2.22. The van der Waals surface area contributed by atoms with Crippen LogP contribution < -0.4 is 10.6 Å². The third kappa shape index (κ3) is 5.82. The fourth-order valence-corrected chi connectivity index (χ4v) is 3.65. The molecule has 0 aliphatic heterocycles. The zero-order valence-corrected chi connectivity index (χ0v) is 17.6. The molecule has 7 heteroatoms. The first-order valence-electron chi connectivity index (χ1n) is 8.98. The van der Waals surface area contributed by atoms with Gasteiger partial charge in [0.15, 0.2) is 0 Å². The van der Waals surface area contributed by atoms with Crippen molar-refractivity contribution in [2.45, 2.75) is 24.0 Å². The lowest BCUT2D eigenvalue weighted by Gasteiger charge is -2.13. The Hall–Kier alpha value is -2.83. The molecule has 2 aromatic carbocycles. The van der Waals surface area contributed by atoms with Crippen LogP contribution in [0, 0.1) is 6.92 Å². The van der Waals surface area contributed by atoms with Crippen molar-refractivity contribution in [2.75, 3.05) is 10.6 Å². The lowest BCUT2D eigenvalue weighted by Crippen LogP contribution is -2.22. The lowest BCUT2D eigenvalue weighted by atomic mass is 10.1. The quantitative estimate of drug-likeness (QED) is 0.517. The summed E-state index contributed by atoms with van der Waals surface area (Å²) in [6.07, 6.45) is 1.48. The summed E-state index contributed by atoms with van der Waals surface area (Å²) in [7, 11) is 0. The predicted octanol–water partition coefficient (Wildman–Crippen LogP) is 5.42. The summed E-state index contributed by atoms with van der Waals surface area (Å²) in [5, 5.41) is 5.83. The second-order valence-electron chi connectivity index (χ2n) is 6.41. The van der Waals surface area contributed by atoms with Gasteiger partial charge in [0.05, 0.1) is 10.3 Å². The smallest absolute Gasteiger partial charge is 0.255 e. The zero-order chi connectivity index (χ0) is 20.8. The minimum absolute atomic E-state index is 0.162. The Morgan fingerprint density at radius 3 is 2.55 bits per heavy atom. The molecule has 0 aliphatic rings. The largest absolute Gasteiger partial charge is 0.322 e. The first kappa shape index (κ1) is 20.9. The van der Waals surface area contributed by atoms with Gasteiger partial charge in [-0.25, -0.2) is 4.98 Å². The molecule has 0 saturated heterocycles. The molecule has 2 N–H and O–H groups in total. The summed E-state index contributed by atoms with van der Waals surface area (Å²) in [5.74, 6) is 0.120. The van der Waals surface area contributed by atoms with Crippen molar-refractivity contribution in [3.63, 3.8) is 0 Å². The van der Waals surface area contributed by atoms with E-state index in [1.165, 1.54) is 18.0 Å². The van der Waals surface area contributed by atoms with Crippen molar-refractivity contribution in [2.24, 2.45) is 0 Å². The van der Waals surface area contributed by atoms with E-state index in [4.69, 9.17) is 11.6 Å². The molecule has 148 valence electrons. The van der Waals surface area contributed by atoms with E-state index in [1.54, 1.807) is 18.2 Å². The summed E-state index contributed by atoms with van der Waals surface area (Å²) in [6.45, 7) is 3.71. The number of aryl methyl sites for hydroxylation is 1. The first-order chi connectivity index (χ1) is 13.9. The highest BCUT2D eigenvalue weighted by atomic mass is 35.5. The van der Waals surface area contributed by atoms with Gasteiger partial charge in [-0.1, -0.05) is 35.9 Å². The maximum atomic E-state index is 12.5. The Balaban J connectivity index is 1.63. The molecule has 0 radical (unpaired) electrons. The van der Waals surface area contributed by atoms with Crippen LogP contribution in [0.25, 0.3) is 0 Å². The lowest BCUT2D eigenvalue weighted by molar-refractivity contribution is -0.115. The molecule has 0 spiro atoms. The Labute approximate surface area is 178 Å². The van der Waals surface area contributed by atoms with Gasteiger partial charge in [0.1, 0.15) is 5.82 Å². The highest BCUT2D eigenvalue weighted by Gasteiger charge is 2.16. The van der Waals surface area contributed by atoms with Crippen LogP contribution in [0.1, 0.15) is 22.8 Å². The van der Waals surface area contributed by atoms with E-state index >= 15 is 0 Å². The van der Waals surface area contributed by atoms with Gasteiger partial charge >= 0.3 is 0 Å². The summed E-state index contributed by atoms with van der Waals surface area (Å²) in [4.78, 5) is 29.9. The first-order valence-corrected chi connectivity index (χ1v) is 10.2. The molecule has 5 nitrogen and oxygen atoms in total. The molecular formula is C22H20ClN3O2S. The minimum Gasteiger partial charge on any atom is -0.322 e. The highest BCUT2D eigenvalue weighted by Crippen LogP contribution is 2.27. The maximum absolute atomic E-state index is 12.5. The van der Waals surface area contributed by atoms with Gasteiger partial charge < -0.3 is 10.6 Å². The molecule has 3 rings (SSSR count). The number of amides is 2. The SMILES string of the molecule is Cc1ccccc1C(=O)Nc1cccc(SC(C)C(=O)Nc2ccc(Cl)cn2)c1. The fraction of sp³-hybridized carbons (Fsp3) is 0.136. The van der Waals surface area contributed by atoms with Crippen molar-refractivity contribution < 1.29 is 9.59 Å². The highest BCUT2D eigenvalue weighted by molar-refractivity contribution is 8.00. The predicted molar refractivity (Wildman–Crippen MR) is 119 cm³/mol. The van der Waals surface area contributed by atoms with E-state index in [0.717, 1.165) is 10.5 Å². The number of nitrogens with one attached hydrogen (secondary N) is 2. The van der Waals surface area contributed by atoms with E-state index in [0.29, 0.717) is 22.1 Å². The average Bonchev–Trinajstić information content (AvgIpc) is 2.70. The number of carbonyl (C=O) groups is 2. The van der Waals surface area contributed by atoms with Gasteiger partial charge in [-0.2, -0.15) is 0 Å². The number of thioether (sulfide) groups is 1. The van der Waals surface area contributed by atoms with Crippen LogP contribution in [-0.2, 0) is 4.79 Å². The second kappa shape index (κ2) is 9.58. The van der Waals surface area contributed by atoms with E-state index in [9.17, 15) is 9.59 Å². The normalized spacial score (nSPS) is 11.6. The van der Waals surface area contributed by atoms with E-state index in [1.807, 2.05) is 56.3 Å². The number of rotatable bonds is 6. The number of pyridine rings is 1. The molecule has 0 aliphatic carbocycles. The van der Waals surface area contributed by atoms with Crippen molar-refractivity contribution in [1.82, 2.24) is 4.98 Å². The molecule has 1 heterocycles. The third-order valence-electron chi connectivity index (χ3n) is 4.14. The van der Waals surface area contributed by atoms with Crippen LogP contribution in [-0.4, -0.2) is 22.0 Å². The summed E-state index contributed by atoms with van der Waals surface area (Å²) >= 11 is 7.20. The maximum Gasteiger partial charge on any atom is 0.255 e. The number of halogens is 1. The molecule has 29 heavy (non-hydrogen) atoms. The van der Waals surface area contributed by atoms with Crippen LogP contribution >= 0.6 is 23.4 Å². The molecule has 1 aromatic heterocycles. The van der Waals surface area contributed by atoms with Gasteiger partial charge in [-0.05, 0) is 55.8 Å². The van der Waals surface area contributed by atoms with E-state index in [2.05, 4.69) is 15.6 Å². The van der Waals surface area contributed by atoms with E-state index in [-0.39, 0.29) is 17.1 Å². The van der Waals surface area contributed by atoms with Gasteiger partial charge in [0.2, 0.25) is 5.91 Å². The van der Waals surface area contributed by atoms with Crippen LogP contribution in [0.3, 0.4) is 0 Å². The summed E-state index contributed by atoms with van der Waals surface area (Å²) < 4.78 is 0. The van der Waals surface area contributed by atoms with Gasteiger partial charge in [0, 0.05) is 22.3 Å². The Morgan fingerprint density at radius 2 is 1.83 bits per heavy atom. The number of aromatic nitrogens is 1. The average molecular weight is 426 g/mol. The molecule has 3 aromatic rings. The van der Waals surface area contributed by atoms with Gasteiger partial charge in [-0.15, -0.1) is 11.8 Å². The molecular weight excluding hydrogens is 406 g/mol. The number of benzene rings is 2. The van der Waals surface area contributed by atoms with Crippen LogP contribution in [0.15, 0.2) is 71.8 Å². The van der Waals surface area contributed by atoms with Crippen molar-refractivity contribution in [3.05, 3.63) is 83.0 Å². The number of carbonyl (C=O) groups excluding carboxylic acids is 2. The number of nitrogens with zero attached hydrogens (tertiary/aromatic N) is 1. The monoisotopic (exact) mass is 425 g/mol. The van der Waals surface area contributed by atoms with Crippen molar-refractivity contribution >= 4 is 46.7 Å². The number of anilines is 2. The van der Waals surface area contributed by atoms with Crippen molar-refractivity contribution in [1.29, 1.82) is 0 Å². The fourth-order valence-electron chi connectivity index (χ4n) is 2.61. The molecule has 0 bridgehead atoms. The van der Waals surface area contributed by atoms with Crippen LogP contribution in [0.5, 0.6) is 0 Å². The zero-order valence-electron chi connectivity index (χ0n) is 16.0. The second-order valence-corrected chi connectivity index (χ2v) is 8.26. The molecule has 2 amide bonds. The molecule has 1 atom stereocenters. The molecule has 1 unspecified atom stereocenters. The van der Waals surface area contributed by atoms with Crippen molar-refractivity contribution in [3.8, 4) is 0 Å². The Kier molecular flexibility index (Phi) is 6.90. The third-order valence-corrected chi connectivity index (χ3v) is 5.46.